The van der Waals surface area contributed by atoms with Crippen LogP contribution in [0.25, 0.3) is 0 Å². The molecule has 4 atom stereocenters. The lowest BCUT2D eigenvalue weighted by Crippen LogP contribution is -2.75. The Bertz CT molecular complexity index is 1490. The van der Waals surface area contributed by atoms with Crippen LogP contribution < -0.4 is 15.5 Å². The highest BCUT2D eigenvalue weighted by molar-refractivity contribution is 8.01. The lowest BCUT2D eigenvalue weighted by molar-refractivity contribution is -0.157. The summed E-state index contributed by atoms with van der Waals surface area (Å²) in [6.07, 6.45) is 2.42. The van der Waals surface area contributed by atoms with Crippen molar-refractivity contribution in [2.24, 2.45) is 5.41 Å². The summed E-state index contributed by atoms with van der Waals surface area (Å²) in [6.45, 7) is 1.06. The zero-order valence-electron chi connectivity index (χ0n) is 21.8. The maximum absolute atomic E-state index is 13.5. The van der Waals surface area contributed by atoms with Crippen molar-refractivity contribution in [2.75, 3.05) is 23.7 Å². The van der Waals surface area contributed by atoms with Crippen molar-refractivity contribution in [3.8, 4) is 5.75 Å². The summed E-state index contributed by atoms with van der Waals surface area (Å²) in [4.78, 5) is 66.5. The number of hydrogen-bond acceptors (Lipinski definition) is 12. The van der Waals surface area contributed by atoms with Crippen molar-refractivity contribution in [2.45, 2.75) is 28.7 Å². The number of imide groups is 1. The van der Waals surface area contributed by atoms with E-state index in [1.54, 1.807) is 6.92 Å². The number of rotatable bonds is 9. The second-order valence-electron chi connectivity index (χ2n) is 9.47. The van der Waals surface area contributed by atoms with Crippen LogP contribution in [-0.2, 0) is 14.4 Å². The number of H-pyrrole nitrogens is 1. The number of tetrazole rings is 1. The minimum absolute atomic E-state index is 0.0605. The molecule has 42 heavy (non-hydrogen) atoms. The predicted octanol–water partition coefficient (Wildman–Crippen LogP) is 0.506. The van der Waals surface area contributed by atoms with Crippen LogP contribution in [0.2, 0.25) is 0 Å². The van der Waals surface area contributed by atoms with E-state index in [1.807, 2.05) is 0 Å². The van der Waals surface area contributed by atoms with Crippen molar-refractivity contribution in [3.05, 3.63) is 48.4 Å². The molecule has 2 aliphatic rings. The van der Waals surface area contributed by atoms with Crippen LogP contribution in [0.5, 0.6) is 5.75 Å². The van der Waals surface area contributed by atoms with E-state index < -0.39 is 58.3 Å². The number of carbonyl (C=O) groups excluding carboxylic acids is 4. The van der Waals surface area contributed by atoms with Crippen LogP contribution in [-0.4, -0.2) is 101 Å². The van der Waals surface area contributed by atoms with Crippen molar-refractivity contribution >= 4 is 58.9 Å². The number of carbonyl (C=O) groups is 5. The van der Waals surface area contributed by atoms with E-state index in [0.29, 0.717) is 5.16 Å². The molecule has 18 heteroatoms. The van der Waals surface area contributed by atoms with Crippen molar-refractivity contribution in [1.29, 1.82) is 0 Å². The second kappa shape index (κ2) is 11.7. The Morgan fingerprint density at radius 2 is 2.05 bits per heavy atom. The quantitative estimate of drug-likeness (QED) is 0.163. The summed E-state index contributed by atoms with van der Waals surface area (Å²) in [6, 6.07) is 5.02. The fourth-order valence-corrected chi connectivity index (χ4v) is 7.45. The highest BCUT2D eigenvalue weighted by atomic mass is 32.2. The van der Waals surface area contributed by atoms with Gasteiger partial charge in [-0.3, -0.25) is 29.4 Å². The lowest BCUT2D eigenvalue weighted by atomic mass is 9.84. The van der Waals surface area contributed by atoms with Gasteiger partial charge in [0.25, 0.3) is 5.91 Å². The number of β-lactam (4-membered cyclic amide) rings is 1. The fourth-order valence-electron chi connectivity index (χ4n) is 4.63. The molecule has 2 saturated heterocycles. The molecule has 0 bridgehead atoms. The number of benzene rings is 1. The lowest BCUT2D eigenvalue weighted by Gasteiger charge is -2.57. The summed E-state index contributed by atoms with van der Waals surface area (Å²) in [5.41, 5.74) is -0.933. The number of furan rings is 1. The molecule has 0 aliphatic carbocycles. The second-order valence-corrected chi connectivity index (χ2v) is 11.9. The average molecular weight is 617 g/mol. The molecule has 0 radical (unpaired) electrons. The topological polar surface area (TPSA) is 224 Å². The number of amides is 5. The van der Waals surface area contributed by atoms with Gasteiger partial charge in [-0.1, -0.05) is 18.7 Å². The Hall–Kier alpha value is -4.58. The Kier molecular flexibility index (Phi) is 8.08. The van der Waals surface area contributed by atoms with Gasteiger partial charge in [0, 0.05) is 23.2 Å². The summed E-state index contributed by atoms with van der Waals surface area (Å²) in [5.74, 6) is -2.88. The van der Waals surface area contributed by atoms with E-state index in [0.717, 1.165) is 18.0 Å². The van der Waals surface area contributed by atoms with Crippen molar-refractivity contribution in [1.82, 2.24) is 36.2 Å². The molecule has 5 N–H and O–H groups in total. The smallest absolute Gasteiger partial charge is 0.322 e. The maximum Gasteiger partial charge on any atom is 0.322 e. The maximum atomic E-state index is 13.5. The molecule has 0 spiro atoms. The monoisotopic (exact) mass is 616 g/mol. The van der Waals surface area contributed by atoms with Crippen LogP contribution in [0, 0.1) is 5.41 Å². The third-order valence-electron chi connectivity index (χ3n) is 6.98. The van der Waals surface area contributed by atoms with E-state index in [9.17, 15) is 34.2 Å². The van der Waals surface area contributed by atoms with Crippen LogP contribution in [0.4, 0.5) is 10.5 Å². The predicted molar refractivity (Wildman–Crippen MR) is 146 cm³/mol. The number of thioether (sulfide) groups is 2. The third kappa shape index (κ3) is 5.49. The first kappa shape index (κ1) is 28.9. The van der Waals surface area contributed by atoms with Crippen LogP contribution in [0.3, 0.4) is 0 Å². The molecule has 1 aromatic carbocycles. The van der Waals surface area contributed by atoms with Gasteiger partial charge in [0.1, 0.15) is 28.8 Å². The molecule has 3 unspecified atom stereocenters. The molecule has 5 rings (SSSR count). The number of nitrogens with zero attached hydrogens (tertiary/aromatic N) is 5. The van der Waals surface area contributed by atoms with E-state index in [-0.39, 0.29) is 29.3 Å². The van der Waals surface area contributed by atoms with Gasteiger partial charge >= 0.3 is 12.0 Å². The van der Waals surface area contributed by atoms with Gasteiger partial charge in [-0.25, -0.2) is 9.89 Å². The number of aromatic amines is 1. The average Bonchev–Trinajstić information content (AvgIpc) is 3.69. The van der Waals surface area contributed by atoms with Gasteiger partial charge in [0.15, 0.2) is 0 Å². The Labute approximate surface area is 245 Å². The molecule has 220 valence electrons. The van der Waals surface area contributed by atoms with E-state index in [2.05, 4.69) is 31.3 Å². The first-order valence-electron chi connectivity index (χ1n) is 12.4. The number of phenolic OH excluding ortho intramolecular Hbond substituents is 1. The third-order valence-corrected chi connectivity index (χ3v) is 9.72. The molecule has 5 amide bonds. The van der Waals surface area contributed by atoms with Gasteiger partial charge < -0.3 is 24.8 Å². The summed E-state index contributed by atoms with van der Waals surface area (Å²) < 4.78 is 4.81. The van der Waals surface area contributed by atoms with Crippen LogP contribution >= 0.6 is 23.5 Å². The van der Waals surface area contributed by atoms with Crippen LogP contribution in [0.1, 0.15) is 17.3 Å². The number of anilines is 1. The highest BCUT2D eigenvalue weighted by Gasteiger charge is 2.61. The Morgan fingerprint density at radius 1 is 1.29 bits per heavy atom. The largest absolute Gasteiger partial charge is 0.508 e. The minimum Gasteiger partial charge on any atom is -0.508 e. The molecule has 2 aromatic heterocycles. The molecule has 0 saturated carbocycles. The zero-order valence-corrected chi connectivity index (χ0v) is 23.4. The summed E-state index contributed by atoms with van der Waals surface area (Å²) in [5, 5.41) is 37.0. The number of phenols is 1. The van der Waals surface area contributed by atoms with E-state index >= 15 is 0 Å². The molecular weight excluding hydrogens is 592 g/mol. The first-order valence-corrected chi connectivity index (χ1v) is 14.3. The summed E-state index contributed by atoms with van der Waals surface area (Å²) in [7, 11) is 0. The molecule has 4 heterocycles. The first-order chi connectivity index (χ1) is 20.1. The highest BCUT2D eigenvalue weighted by Crippen LogP contribution is 2.49. The van der Waals surface area contributed by atoms with Gasteiger partial charge in [-0.15, -0.1) is 16.9 Å². The molecule has 2 aliphatic heterocycles. The van der Waals surface area contributed by atoms with Gasteiger partial charge in [0.2, 0.25) is 17.0 Å². The Balaban J connectivity index is 1.31. The molecule has 3 aromatic rings. The molecular formula is C24H24N8O8S2. The summed E-state index contributed by atoms with van der Waals surface area (Å²) >= 11 is 2.38. The molecule has 2 fully saturated rings. The zero-order chi connectivity index (χ0) is 30.0. The molecule has 16 nitrogen and oxygen atoms in total. The number of aromatic nitrogens is 4. The normalized spacial score (nSPS) is 21.9. The number of aromatic hydroxyl groups is 1. The van der Waals surface area contributed by atoms with Crippen molar-refractivity contribution in [3.63, 3.8) is 0 Å². The number of fused-ring (bicyclic) bond motifs is 1. The van der Waals surface area contributed by atoms with Gasteiger partial charge in [-0.05, 0) is 40.8 Å². The number of hydrogen-bond donors (Lipinski definition) is 5. The standard InChI is InChI=1S/C24H24N8O8S2/c1-12(42-23-27-29-30-28-23)24(21(37)38)10-31-19(36)17(20(31)41-11-24)32(14-2-4-15(33)5-3-14)16(34)8-25-22(39)26-18(35)13-6-7-40-9-13/h2-7,9,12,17,20,33H,8,10-11H2,1H3,(H,37,38)(H2,25,26,35,39)(H,27,28,29,30)/t12?,17?,20-,24?/m1/s1. The minimum atomic E-state index is -1.33. The Morgan fingerprint density at radius 3 is 2.69 bits per heavy atom. The number of carboxylic acid groups (broad SMARTS) is 1. The van der Waals surface area contributed by atoms with Gasteiger partial charge in [0.05, 0.1) is 18.4 Å². The van der Waals surface area contributed by atoms with Crippen LogP contribution in [0.15, 0.2) is 52.4 Å². The number of aliphatic carboxylic acids is 1. The van der Waals surface area contributed by atoms with Gasteiger partial charge in [-0.2, -0.15) is 0 Å². The van der Waals surface area contributed by atoms with Crippen molar-refractivity contribution < 1.29 is 38.6 Å². The fraction of sp³-hybridized carbons (Fsp3) is 0.333. The van der Waals surface area contributed by atoms with E-state index in [4.69, 9.17) is 4.42 Å². The van der Waals surface area contributed by atoms with E-state index in [1.165, 1.54) is 58.2 Å². The number of urea groups is 1. The number of nitrogens with one attached hydrogen (secondary N) is 3. The SMILES string of the molecule is CC(Sc1nnn[nH]1)C1(C(=O)O)CS[C@@H]2C(N(C(=O)CNC(=O)NC(=O)c3ccoc3)c3ccc(O)cc3)C(=O)N2C1. The number of carboxylic acids is 1.